The summed E-state index contributed by atoms with van der Waals surface area (Å²) in [5.41, 5.74) is 1.28. The average Bonchev–Trinajstić information content (AvgIpc) is 2.39. The molecule has 2 rings (SSSR count). The maximum atomic E-state index is 13.5. The van der Waals surface area contributed by atoms with Crippen LogP contribution in [0.25, 0.3) is 0 Å². The van der Waals surface area contributed by atoms with Crippen molar-refractivity contribution in [2.24, 2.45) is 0 Å². The second kappa shape index (κ2) is 5.60. The van der Waals surface area contributed by atoms with Crippen LogP contribution in [0.1, 0.15) is 17.4 Å². The van der Waals surface area contributed by atoms with Gasteiger partial charge in [-0.05, 0) is 29.8 Å². The Balaban J connectivity index is 2.14. The molecule has 1 aromatic carbocycles. The largest absolute Gasteiger partial charge is 0.494 e. The van der Waals surface area contributed by atoms with Crippen molar-refractivity contribution in [3.8, 4) is 5.75 Å². The number of aliphatic hydroxyl groups excluding tert-OH is 1. The Labute approximate surface area is 105 Å². The molecule has 18 heavy (non-hydrogen) atoms. The van der Waals surface area contributed by atoms with Crippen LogP contribution in [0.15, 0.2) is 42.6 Å². The average molecular weight is 247 g/mol. The minimum absolute atomic E-state index is 0.170. The zero-order chi connectivity index (χ0) is 13.0. The summed E-state index contributed by atoms with van der Waals surface area (Å²) in [4.78, 5) is 4.12. The number of rotatable bonds is 4. The SMILES string of the molecule is COc1ccc(C(O)Cc2ccccn2)cc1F. The fourth-order valence-electron chi connectivity index (χ4n) is 1.72. The Morgan fingerprint density at radius 2 is 2.17 bits per heavy atom. The molecule has 1 unspecified atom stereocenters. The molecule has 1 N–H and O–H groups in total. The van der Waals surface area contributed by atoms with Crippen LogP contribution >= 0.6 is 0 Å². The monoisotopic (exact) mass is 247 g/mol. The summed E-state index contributed by atoms with van der Waals surface area (Å²) in [6.45, 7) is 0. The molecular weight excluding hydrogens is 233 g/mol. The van der Waals surface area contributed by atoms with Crippen molar-refractivity contribution in [3.63, 3.8) is 0 Å². The maximum absolute atomic E-state index is 13.5. The van der Waals surface area contributed by atoms with Crippen LogP contribution in [0.4, 0.5) is 4.39 Å². The number of nitrogens with zero attached hydrogens (tertiary/aromatic N) is 1. The van der Waals surface area contributed by atoms with E-state index in [1.807, 2.05) is 18.2 Å². The first-order valence-electron chi connectivity index (χ1n) is 5.62. The number of halogens is 1. The molecule has 0 aliphatic heterocycles. The van der Waals surface area contributed by atoms with Gasteiger partial charge in [0.25, 0.3) is 0 Å². The number of aromatic nitrogens is 1. The molecule has 0 saturated heterocycles. The zero-order valence-electron chi connectivity index (χ0n) is 10.0. The molecule has 0 amide bonds. The predicted octanol–water partition coefficient (Wildman–Crippen LogP) is 2.51. The highest BCUT2D eigenvalue weighted by Crippen LogP contribution is 2.23. The lowest BCUT2D eigenvalue weighted by Gasteiger charge is -2.11. The van der Waals surface area contributed by atoms with Gasteiger partial charge in [0, 0.05) is 18.3 Å². The predicted molar refractivity (Wildman–Crippen MR) is 65.9 cm³/mol. The van der Waals surface area contributed by atoms with Gasteiger partial charge in [0.1, 0.15) is 0 Å². The molecule has 0 spiro atoms. The third kappa shape index (κ3) is 2.84. The van der Waals surface area contributed by atoms with Crippen LogP contribution in [0.3, 0.4) is 0 Å². The van der Waals surface area contributed by atoms with Gasteiger partial charge in [0.2, 0.25) is 0 Å². The molecule has 3 nitrogen and oxygen atoms in total. The van der Waals surface area contributed by atoms with Crippen LogP contribution in [0, 0.1) is 5.82 Å². The van der Waals surface area contributed by atoms with E-state index < -0.39 is 11.9 Å². The van der Waals surface area contributed by atoms with E-state index in [-0.39, 0.29) is 5.75 Å². The van der Waals surface area contributed by atoms with E-state index in [2.05, 4.69) is 4.98 Å². The molecule has 0 radical (unpaired) electrons. The standard InChI is InChI=1S/C14H14FNO2/c1-18-14-6-5-10(8-12(14)15)13(17)9-11-4-2-3-7-16-11/h2-8,13,17H,9H2,1H3. The van der Waals surface area contributed by atoms with E-state index in [4.69, 9.17) is 4.74 Å². The summed E-state index contributed by atoms with van der Waals surface area (Å²) >= 11 is 0. The highest BCUT2D eigenvalue weighted by molar-refractivity contribution is 5.30. The number of methoxy groups -OCH3 is 1. The second-order valence-corrected chi connectivity index (χ2v) is 3.93. The van der Waals surface area contributed by atoms with Gasteiger partial charge in [-0.2, -0.15) is 0 Å². The molecule has 2 aromatic rings. The third-order valence-corrected chi connectivity index (χ3v) is 2.69. The van der Waals surface area contributed by atoms with E-state index >= 15 is 0 Å². The minimum Gasteiger partial charge on any atom is -0.494 e. The van der Waals surface area contributed by atoms with E-state index in [0.717, 1.165) is 5.69 Å². The minimum atomic E-state index is -0.777. The molecule has 94 valence electrons. The van der Waals surface area contributed by atoms with Gasteiger partial charge < -0.3 is 9.84 Å². The fourth-order valence-corrected chi connectivity index (χ4v) is 1.72. The Morgan fingerprint density at radius 3 is 2.78 bits per heavy atom. The molecule has 0 fully saturated rings. The van der Waals surface area contributed by atoms with Crippen LogP contribution in [0.2, 0.25) is 0 Å². The van der Waals surface area contributed by atoms with Crippen molar-refractivity contribution >= 4 is 0 Å². The number of hydrogen-bond donors (Lipinski definition) is 1. The smallest absolute Gasteiger partial charge is 0.165 e. The van der Waals surface area contributed by atoms with Gasteiger partial charge in [-0.15, -0.1) is 0 Å². The number of hydrogen-bond acceptors (Lipinski definition) is 3. The highest BCUT2D eigenvalue weighted by Gasteiger charge is 2.12. The first-order valence-corrected chi connectivity index (χ1v) is 5.62. The van der Waals surface area contributed by atoms with Crippen LogP contribution in [-0.2, 0) is 6.42 Å². The van der Waals surface area contributed by atoms with Crippen LogP contribution < -0.4 is 4.74 Å². The van der Waals surface area contributed by atoms with E-state index in [1.165, 1.54) is 19.2 Å². The quantitative estimate of drug-likeness (QED) is 0.902. The van der Waals surface area contributed by atoms with Crippen molar-refractivity contribution in [1.82, 2.24) is 4.98 Å². The first-order chi connectivity index (χ1) is 8.70. The summed E-state index contributed by atoms with van der Waals surface area (Å²) in [7, 11) is 1.41. The summed E-state index contributed by atoms with van der Waals surface area (Å²) in [6, 6.07) is 9.92. The first kappa shape index (κ1) is 12.5. The van der Waals surface area contributed by atoms with E-state index in [1.54, 1.807) is 12.3 Å². The lowest BCUT2D eigenvalue weighted by atomic mass is 10.0. The van der Waals surface area contributed by atoms with Crippen molar-refractivity contribution in [3.05, 3.63) is 59.7 Å². The summed E-state index contributed by atoms with van der Waals surface area (Å²) in [5, 5.41) is 10.0. The van der Waals surface area contributed by atoms with Crippen molar-refractivity contribution in [1.29, 1.82) is 0 Å². The van der Waals surface area contributed by atoms with Gasteiger partial charge in [-0.1, -0.05) is 12.1 Å². The highest BCUT2D eigenvalue weighted by atomic mass is 19.1. The van der Waals surface area contributed by atoms with Crippen LogP contribution in [0.5, 0.6) is 5.75 Å². The fraction of sp³-hybridized carbons (Fsp3) is 0.214. The maximum Gasteiger partial charge on any atom is 0.165 e. The zero-order valence-corrected chi connectivity index (χ0v) is 10.0. The molecule has 0 aliphatic carbocycles. The Hall–Kier alpha value is -1.94. The van der Waals surface area contributed by atoms with Crippen molar-refractivity contribution in [2.75, 3.05) is 7.11 Å². The second-order valence-electron chi connectivity index (χ2n) is 3.93. The third-order valence-electron chi connectivity index (χ3n) is 2.69. The number of aliphatic hydroxyl groups is 1. The van der Waals surface area contributed by atoms with Crippen LogP contribution in [-0.4, -0.2) is 17.2 Å². The topological polar surface area (TPSA) is 42.4 Å². The Bertz CT molecular complexity index is 516. The Morgan fingerprint density at radius 1 is 1.33 bits per heavy atom. The normalized spacial score (nSPS) is 12.2. The molecule has 0 bridgehead atoms. The number of benzene rings is 1. The molecule has 0 aliphatic rings. The van der Waals surface area contributed by atoms with Crippen molar-refractivity contribution < 1.29 is 14.2 Å². The van der Waals surface area contributed by atoms with Gasteiger partial charge in [-0.25, -0.2) is 4.39 Å². The summed E-state index contributed by atoms with van der Waals surface area (Å²) in [6.07, 6.45) is 1.24. The molecular formula is C14H14FNO2. The summed E-state index contributed by atoms with van der Waals surface area (Å²) in [5.74, 6) is -0.307. The van der Waals surface area contributed by atoms with E-state index in [9.17, 15) is 9.50 Å². The molecule has 4 heteroatoms. The summed E-state index contributed by atoms with van der Waals surface area (Å²) < 4.78 is 18.3. The molecule has 0 saturated carbocycles. The lowest BCUT2D eigenvalue weighted by Crippen LogP contribution is -2.04. The number of pyridine rings is 1. The molecule has 1 aromatic heterocycles. The van der Waals surface area contributed by atoms with Crippen molar-refractivity contribution in [2.45, 2.75) is 12.5 Å². The van der Waals surface area contributed by atoms with Gasteiger partial charge >= 0.3 is 0 Å². The molecule has 1 atom stereocenters. The van der Waals surface area contributed by atoms with Gasteiger partial charge in [-0.3, -0.25) is 4.98 Å². The Kier molecular flexibility index (Phi) is 3.89. The lowest BCUT2D eigenvalue weighted by molar-refractivity contribution is 0.176. The molecule has 1 heterocycles. The van der Waals surface area contributed by atoms with Gasteiger partial charge in [0.15, 0.2) is 11.6 Å². The number of ether oxygens (including phenoxy) is 1. The van der Waals surface area contributed by atoms with E-state index in [0.29, 0.717) is 12.0 Å². The van der Waals surface area contributed by atoms with Gasteiger partial charge in [0.05, 0.1) is 13.2 Å².